The molecule has 0 aromatic heterocycles. The highest BCUT2D eigenvalue weighted by Gasteiger charge is 2.23. The van der Waals surface area contributed by atoms with Crippen molar-refractivity contribution in [3.05, 3.63) is 12.2 Å². The minimum absolute atomic E-state index is 0.0315. The molecule has 3 N–H and O–H groups in total. The summed E-state index contributed by atoms with van der Waals surface area (Å²) in [5, 5.41) is 9.29. The van der Waals surface area contributed by atoms with Crippen LogP contribution in [0, 0.1) is 11.8 Å². The monoisotopic (exact) mass is 297 g/mol. The van der Waals surface area contributed by atoms with Gasteiger partial charge in [-0.05, 0) is 31.6 Å². The van der Waals surface area contributed by atoms with E-state index < -0.39 is 0 Å². The summed E-state index contributed by atoms with van der Waals surface area (Å²) in [7, 11) is 0. The molecule has 0 saturated heterocycles. The smallest absolute Gasteiger partial charge is 0.220 e. The first-order valence-electron chi connectivity index (χ1n) is 8.72. The summed E-state index contributed by atoms with van der Waals surface area (Å²) < 4.78 is 0. The first kappa shape index (κ1) is 20.2. The number of unbranched alkanes of at least 4 members (excludes halogenated alkanes) is 6. The van der Waals surface area contributed by atoms with Crippen LogP contribution in [0.15, 0.2) is 12.2 Å². The van der Waals surface area contributed by atoms with Gasteiger partial charge in [0.05, 0.1) is 0 Å². The van der Waals surface area contributed by atoms with Crippen molar-refractivity contribution in [3.8, 4) is 0 Å². The Labute approximate surface area is 131 Å². The van der Waals surface area contributed by atoms with Crippen LogP contribution in [-0.4, -0.2) is 17.6 Å². The molecule has 0 aliphatic heterocycles. The average molecular weight is 297 g/mol. The summed E-state index contributed by atoms with van der Waals surface area (Å²) in [5.41, 5.74) is 5.45. The molecule has 3 heteroatoms. The third kappa shape index (κ3) is 10.5. The quantitative estimate of drug-likeness (QED) is 0.373. The van der Waals surface area contributed by atoms with Gasteiger partial charge in [0.2, 0.25) is 5.91 Å². The second kappa shape index (κ2) is 14.1. The van der Waals surface area contributed by atoms with Gasteiger partial charge in [-0.3, -0.25) is 4.79 Å². The van der Waals surface area contributed by atoms with Crippen molar-refractivity contribution in [2.75, 3.05) is 6.61 Å². The molecule has 0 radical (unpaired) electrons. The summed E-state index contributed by atoms with van der Waals surface area (Å²) in [6.07, 6.45) is 15.7. The SMILES string of the molecule is CCCC/C=C\CCCCCCC(C(N)=O)C(CC)CO. The van der Waals surface area contributed by atoms with Crippen LogP contribution in [0.5, 0.6) is 0 Å². The van der Waals surface area contributed by atoms with Crippen LogP contribution in [0.4, 0.5) is 0 Å². The molecule has 0 rings (SSSR count). The van der Waals surface area contributed by atoms with E-state index in [0.717, 1.165) is 32.1 Å². The lowest BCUT2D eigenvalue weighted by Gasteiger charge is -2.21. The van der Waals surface area contributed by atoms with E-state index in [2.05, 4.69) is 19.1 Å². The van der Waals surface area contributed by atoms with Crippen LogP contribution >= 0.6 is 0 Å². The first-order chi connectivity index (χ1) is 10.2. The topological polar surface area (TPSA) is 63.3 Å². The molecule has 0 saturated carbocycles. The maximum Gasteiger partial charge on any atom is 0.220 e. The fraction of sp³-hybridized carbons (Fsp3) is 0.833. The Bertz CT molecular complexity index is 272. The van der Waals surface area contributed by atoms with Crippen molar-refractivity contribution < 1.29 is 9.90 Å². The minimum atomic E-state index is -0.255. The van der Waals surface area contributed by atoms with Crippen LogP contribution in [0.3, 0.4) is 0 Å². The number of nitrogens with two attached hydrogens (primary N) is 1. The van der Waals surface area contributed by atoms with Crippen molar-refractivity contribution in [1.29, 1.82) is 0 Å². The Balaban J connectivity index is 3.67. The van der Waals surface area contributed by atoms with Gasteiger partial charge in [-0.25, -0.2) is 0 Å². The summed E-state index contributed by atoms with van der Waals surface area (Å²) in [4.78, 5) is 11.5. The molecule has 0 aromatic carbocycles. The second-order valence-electron chi connectivity index (χ2n) is 5.96. The van der Waals surface area contributed by atoms with E-state index >= 15 is 0 Å². The van der Waals surface area contributed by atoms with Crippen molar-refractivity contribution in [1.82, 2.24) is 0 Å². The summed E-state index contributed by atoms with van der Waals surface area (Å²) >= 11 is 0. The molecule has 21 heavy (non-hydrogen) atoms. The van der Waals surface area contributed by atoms with Crippen molar-refractivity contribution in [3.63, 3.8) is 0 Å². The zero-order valence-electron chi connectivity index (χ0n) is 14.0. The Hall–Kier alpha value is -0.830. The highest BCUT2D eigenvalue weighted by molar-refractivity contribution is 5.76. The lowest BCUT2D eigenvalue weighted by molar-refractivity contribution is -0.124. The fourth-order valence-electron chi connectivity index (χ4n) is 2.69. The highest BCUT2D eigenvalue weighted by Crippen LogP contribution is 2.22. The number of rotatable bonds is 14. The Morgan fingerprint density at radius 1 is 1.05 bits per heavy atom. The molecule has 1 amide bonds. The number of hydrogen-bond acceptors (Lipinski definition) is 2. The van der Waals surface area contributed by atoms with Gasteiger partial charge in [-0.2, -0.15) is 0 Å². The van der Waals surface area contributed by atoms with Crippen LogP contribution in [0.25, 0.3) is 0 Å². The largest absolute Gasteiger partial charge is 0.396 e. The summed E-state index contributed by atoms with van der Waals surface area (Å²) in [5.74, 6) is -0.382. The number of carbonyl (C=O) groups is 1. The molecule has 124 valence electrons. The zero-order chi connectivity index (χ0) is 15.9. The molecule has 0 aliphatic carbocycles. The highest BCUT2D eigenvalue weighted by atomic mass is 16.3. The molecule has 0 aliphatic rings. The van der Waals surface area contributed by atoms with Gasteiger partial charge in [0, 0.05) is 12.5 Å². The third-order valence-electron chi connectivity index (χ3n) is 4.22. The lowest BCUT2D eigenvalue weighted by Crippen LogP contribution is -2.31. The standard InChI is InChI=1S/C18H35NO2/c1-3-5-6-7-8-9-10-11-12-13-14-17(18(19)21)16(4-2)15-20/h7-8,16-17,20H,3-6,9-15H2,1-2H3,(H2,19,21)/b8-7-. The van der Waals surface area contributed by atoms with Crippen LogP contribution in [0.1, 0.15) is 78.1 Å². The lowest BCUT2D eigenvalue weighted by atomic mass is 9.86. The average Bonchev–Trinajstić information content (AvgIpc) is 2.48. The zero-order valence-corrected chi connectivity index (χ0v) is 14.0. The number of allylic oxidation sites excluding steroid dienone is 2. The number of hydrogen-bond donors (Lipinski definition) is 2. The molecule has 3 nitrogen and oxygen atoms in total. The maximum absolute atomic E-state index is 11.5. The number of carbonyl (C=O) groups excluding carboxylic acids is 1. The molecule has 0 bridgehead atoms. The molecular formula is C18H35NO2. The molecule has 0 aromatic rings. The van der Waals surface area contributed by atoms with Crippen molar-refractivity contribution >= 4 is 5.91 Å². The van der Waals surface area contributed by atoms with E-state index in [1.54, 1.807) is 0 Å². The first-order valence-corrected chi connectivity index (χ1v) is 8.72. The van der Waals surface area contributed by atoms with Crippen molar-refractivity contribution in [2.45, 2.75) is 78.1 Å². The van der Waals surface area contributed by atoms with Gasteiger partial charge in [0.25, 0.3) is 0 Å². The van der Waals surface area contributed by atoms with Gasteiger partial charge >= 0.3 is 0 Å². The van der Waals surface area contributed by atoms with Gasteiger partial charge in [0.15, 0.2) is 0 Å². The predicted molar refractivity (Wildman–Crippen MR) is 89.9 cm³/mol. The van der Waals surface area contributed by atoms with Gasteiger partial charge < -0.3 is 10.8 Å². The van der Waals surface area contributed by atoms with Gasteiger partial charge in [0.1, 0.15) is 0 Å². The van der Waals surface area contributed by atoms with E-state index in [1.807, 2.05) is 6.92 Å². The molecule has 0 fully saturated rings. The molecule has 0 spiro atoms. The van der Waals surface area contributed by atoms with Gasteiger partial charge in [-0.1, -0.05) is 64.5 Å². The molecule has 2 atom stereocenters. The molecule has 2 unspecified atom stereocenters. The second-order valence-corrected chi connectivity index (χ2v) is 5.96. The van der Waals surface area contributed by atoms with E-state index in [-0.39, 0.29) is 24.3 Å². The fourth-order valence-corrected chi connectivity index (χ4v) is 2.69. The van der Waals surface area contributed by atoms with Crippen LogP contribution < -0.4 is 5.73 Å². The molecule has 0 heterocycles. The normalized spacial score (nSPS) is 14.4. The van der Waals surface area contributed by atoms with Gasteiger partial charge in [-0.15, -0.1) is 0 Å². The van der Waals surface area contributed by atoms with Crippen LogP contribution in [-0.2, 0) is 4.79 Å². The summed E-state index contributed by atoms with van der Waals surface area (Å²) in [6, 6.07) is 0. The number of aliphatic hydroxyl groups excluding tert-OH is 1. The number of primary amides is 1. The number of amides is 1. The van der Waals surface area contributed by atoms with E-state index in [9.17, 15) is 9.90 Å². The predicted octanol–water partition coefficient (Wildman–Crippen LogP) is 4.19. The Morgan fingerprint density at radius 2 is 1.67 bits per heavy atom. The minimum Gasteiger partial charge on any atom is -0.396 e. The number of aliphatic hydroxyl groups is 1. The van der Waals surface area contributed by atoms with Crippen LogP contribution in [0.2, 0.25) is 0 Å². The van der Waals surface area contributed by atoms with E-state index in [1.165, 1.54) is 32.1 Å². The van der Waals surface area contributed by atoms with E-state index in [0.29, 0.717) is 0 Å². The summed E-state index contributed by atoms with van der Waals surface area (Å²) in [6.45, 7) is 4.28. The Morgan fingerprint density at radius 3 is 2.19 bits per heavy atom. The third-order valence-corrected chi connectivity index (χ3v) is 4.22. The Kier molecular flexibility index (Phi) is 13.6. The van der Waals surface area contributed by atoms with Crippen molar-refractivity contribution in [2.24, 2.45) is 17.6 Å². The maximum atomic E-state index is 11.5. The molecular weight excluding hydrogens is 262 g/mol. The van der Waals surface area contributed by atoms with E-state index in [4.69, 9.17) is 5.73 Å².